The second-order valence-corrected chi connectivity index (χ2v) is 7.31. The number of ether oxygens (including phenoxy) is 3. The van der Waals surface area contributed by atoms with Crippen molar-refractivity contribution >= 4 is 34.3 Å². The zero-order chi connectivity index (χ0) is 19.8. The molecule has 0 spiro atoms. The third-order valence-electron chi connectivity index (χ3n) is 5.13. The molecule has 5 heterocycles. The lowest BCUT2D eigenvalue weighted by atomic mass is 10.2. The van der Waals surface area contributed by atoms with Crippen molar-refractivity contribution in [1.29, 1.82) is 0 Å². The van der Waals surface area contributed by atoms with Gasteiger partial charge >= 0.3 is 0 Å². The van der Waals surface area contributed by atoms with Crippen molar-refractivity contribution in [2.45, 2.75) is 19.2 Å². The summed E-state index contributed by atoms with van der Waals surface area (Å²) in [6.07, 6.45) is 3.20. The van der Waals surface area contributed by atoms with Crippen molar-refractivity contribution < 1.29 is 14.2 Å². The molecular formula is C18H22ClN7O3. The van der Waals surface area contributed by atoms with Crippen LogP contribution in [0.5, 0.6) is 5.88 Å². The van der Waals surface area contributed by atoms with Gasteiger partial charge in [-0.15, -0.1) is 0 Å². The fourth-order valence-electron chi connectivity index (χ4n) is 3.53. The number of aromatic amines is 1. The molecule has 1 atom stereocenters. The van der Waals surface area contributed by atoms with E-state index in [4.69, 9.17) is 25.8 Å². The lowest BCUT2D eigenvalue weighted by molar-refractivity contribution is -0.134. The highest BCUT2D eigenvalue weighted by molar-refractivity contribution is 6.32. The van der Waals surface area contributed by atoms with E-state index in [9.17, 15) is 0 Å². The fourth-order valence-corrected chi connectivity index (χ4v) is 3.78. The van der Waals surface area contributed by atoms with E-state index in [2.05, 4.69) is 30.3 Å². The van der Waals surface area contributed by atoms with E-state index in [0.29, 0.717) is 54.1 Å². The molecule has 154 valence electrons. The van der Waals surface area contributed by atoms with Gasteiger partial charge in [-0.25, -0.2) is 4.68 Å². The molecule has 0 aliphatic carbocycles. The van der Waals surface area contributed by atoms with Gasteiger partial charge in [-0.3, -0.25) is 4.90 Å². The zero-order valence-electron chi connectivity index (χ0n) is 16.0. The van der Waals surface area contributed by atoms with Gasteiger partial charge in [0.15, 0.2) is 11.4 Å². The molecule has 3 aromatic heterocycles. The molecule has 0 unspecified atom stereocenters. The number of hydrogen-bond acceptors (Lipinski definition) is 8. The third kappa shape index (κ3) is 3.52. The van der Waals surface area contributed by atoms with Gasteiger partial charge in [0.2, 0.25) is 11.8 Å². The topological polar surface area (TPSA) is 102 Å². The minimum atomic E-state index is -0.252. The molecule has 2 aliphatic heterocycles. The van der Waals surface area contributed by atoms with Crippen LogP contribution in [0.15, 0.2) is 18.5 Å². The summed E-state index contributed by atoms with van der Waals surface area (Å²) in [6, 6.07) is 2.33. The Morgan fingerprint density at radius 1 is 1.38 bits per heavy atom. The molecule has 2 fully saturated rings. The Bertz CT molecular complexity index is 1000. The molecule has 2 saturated heterocycles. The summed E-state index contributed by atoms with van der Waals surface area (Å²) < 4.78 is 18.5. The Morgan fingerprint density at radius 3 is 3.07 bits per heavy atom. The number of hydrogen-bond donors (Lipinski definition) is 2. The molecule has 0 bridgehead atoms. The van der Waals surface area contributed by atoms with Crippen molar-refractivity contribution in [3.05, 3.63) is 23.6 Å². The summed E-state index contributed by atoms with van der Waals surface area (Å²) in [5.74, 6) is 0.890. The number of aromatic nitrogens is 5. The Kier molecular flexibility index (Phi) is 5.00. The fraction of sp³-hybridized carbons (Fsp3) is 0.500. The standard InChI is InChI=1S/C18H22ClN7O3/c1-2-28-17-12-3-4-20-16(12)23-18(24-17)22-13-7-21-26(15(13)19)14-8-25(5-6-29-14)11-9-27-10-11/h3-4,7,11,14H,2,5-6,8-10H2,1H3,(H2,20,22,23,24)/t14-/m1/s1. The molecule has 29 heavy (non-hydrogen) atoms. The molecule has 2 aliphatic rings. The number of nitrogens with zero attached hydrogens (tertiary/aromatic N) is 5. The highest BCUT2D eigenvalue weighted by Crippen LogP contribution is 2.31. The number of fused-ring (bicyclic) bond motifs is 1. The quantitative estimate of drug-likeness (QED) is 0.626. The van der Waals surface area contributed by atoms with Crippen LogP contribution in [-0.2, 0) is 9.47 Å². The smallest absolute Gasteiger partial charge is 0.232 e. The first-order valence-electron chi connectivity index (χ1n) is 9.64. The predicted molar refractivity (Wildman–Crippen MR) is 107 cm³/mol. The van der Waals surface area contributed by atoms with E-state index in [-0.39, 0.29) is 6.23 Å². The van der Waals surface area contributed by atoms with Crippen molar-refractivity contribution in [3.8, 4) is 5.88 Å². The molecule has 2 N–H and O–H groups in total. The number of morpholine rings is 1. The number of nitrogens with one attached hydrogen (secondary N) is 2. The molecule has 0 radical (unpaired) electrons. The highest BCUT2D eigenvalue weighted by Gasteiger charge is 2.32. The van der Waals surface area contributed by atoms with Gasteiger partial charge in [-0.1, -0.05) is 11.6 Å². The third-order valence-corrected chi connectivity index (χ3v) is 5.51. The Labute approximate surface area is 172 Å². The van der Waals surface area contributed by atoms with E-state index >= 15 is 0 Å². The maximum Gasteiger partial charge on any atom is 0.232 e. The van der Waals surface area contributed by atoms with Gasteiger partial charge in [0.25, 0.3) is 0 Å². The van der Waals surface area contributed by atoms with Gasteiger partial charge in [0.05, 0.1) is 49.7 Å². The van der Waals surface area contributed by atoms with Crippen LogP contribution < -0.4 is 10.1 Å². The van der Waals surface area contributed by atoms with Crippen LogP contribution in [0.3, 0.4) is 0 Å². The van der Waals surface area contributed by atoms with E-state index in [1.807, 2.05) is 13.0 Å². The summed E-state index contributed by atoms with van der Waals surface area (Å²) in [4.78, 5) is 14.4. The summed E-state index contributed by atoms with van der Waals surface area (Å²) in [5, 5.41) is 8.84. The van der Waals surface area contributed by atoms with E-state index in [1.165, 1.54) is 0 Å². The average Bonchev–Trinajstić information content (AvgIpc) is 3.28. The highest BCUT2D eigenvalue weighted by atomic mass is 35.5. The van der Waals surface area contributed by atoms with Crippen LogP contribution in [0.25, 0.3) is 11.0 Å². The number of H-pyrrole nitrogens is 1. The molecule has 0 saturated carbocycles. The van der Waals surface area contributed by atoms with E-state index in [0.717, 1.165) is 25.1 Å². The summed E-state index contributed by atoms with van der Waals surface area (Å²) >= 11 is 6.60. The van der Waals surface area contributed by atoms with Crippen LogP contribution in [0.4, 0.5) is 11.6 Å². The van der Waals surface area contributed by atoms with Gasteiger partial charge < -0.3 is 24.5 Å². The minimum Gasteiger partial charge on any atom is -0.477 e. The average molecular weight is 420 g/mol. The molecule has 0 aromatic carbocycles. The molecular weight excluding hydrogens is 398 g/mol. The first-order valence-corrected chi connectivity index (χ1v) is 10.0. The molecule has 5 rings (SSSR count). The molecule has 0 amide bonds. The van der Waals surface area contributed by atoms with Crippen molar-refractivity contribution in [2.24, 2.45) is 0 Å². The Balaban J connectivity index is 1.36. The van der Waals surface area contributed by atoms with Gasteiger partial charge in [0.1, 0.15) is 5.65 Å². The minimum absolute atomic E-state index is 0.252. The van der Waals surface area contributed by atoms with Crippen LogP contribution in [0.1, 0.15) is 13.2 Å². The molecule has 10 nitrogen and oxygen atoms in total. The van der Waals surface area contributed by atoms with Crippen molar-refractivity contribution in [3.63, 3.8) is 0 Å². The van der Waals surface area contributed by atoms with E-state index < -0.39 is 0 Å². The van der Waals surface area contributed by atoms with Crippen LogP contribution in [0.2, 0.25) is 5.15 Å². The van der Waals surface area contributed by atoms with Crippen LogP contribution in [0, 0.1) is 0 Å². The lowest BCUT2D eigenvalue weighted by Crippen LogP contribution is -2.54. The molecule has 3 aromatic rings. The van der Waals surface area contributed by atoms with Gasteiger partial charge in [-0.05, 0) is 13.0 Å². The van der Waals surface area contributed by atoms with E-state index in [1.54, 1.807) is 17.1 Å². The number of rotatable bonds is 6. The SMILES string of the molecule is CCOc1nc(Nc2cnn([C@H]3CN(C4COC4)CCO3)c2Cl)nc2[nH]ccc12. The summed E-state index contributed by atoms with van der Waals surface area (Å²) in [6.45, 7) is 6.20. The van der Waals surface area contributed by atoms with Crippen molar-refractivity contribution in [1.82, 2.24) is 29.6 Å². The largest absolute Gasteiger partial charge is 0.477 e. The molecule has 11 heteroatoms. The zero-order valence-corrected chi connectivity index (χ0v) is 16.7. The maximum atomic E-state index is 6.60. The second kappa shape index (κ2) is 7.79. The predicted octanol–water partition coefficient (Wildman–Crippen LogP) is 2.18. The van der Waals surface area contributed by atoms with Crippen LogP contribution >= 0.6 is 11.6 Å². The van der Waals surface area contributed by atoms with Crippen LogP contribution in [-0.4, -0.2) is 75.2 Å². The Hall–Kier alpha value is -2.40. The normalized spacial score (nSPS) is 20.7. The first kappa shape index (κ1) is 18.6. The van der Waals surface area contributed by atoms with Crippen molar-refractivity contribution in [2.75, 3.05) is 44.8 Å². The number of halogens is 1. The monoisotopic (exact) mass is 419 g/mol. The lowest BCUT2D eigenvalue weighted by Gasteiger charge is -2.41. The van der Waals surface area contributed by atoms with Gasteiger partial charge in [-0.2, -0.15) is 15.1 Å². The second-order valence-electron chi connectivity index (χ2n) is 6.96. The Morgan fingerprint density at radius 2 is 2.28 bits per heavy atom. The first-order chi connectivity index (χ1) is 14.2. The van der Waals surface area contributed by atoms with Gasteiger partial charge in [0, 0.05) is 19.3 Å². The maximum absolute atomic E-state index is 6.60. The number of anilines is 2. The summed E-state index contributed by atoms with van der Waals surface area (Å²) in [5.41, 5.74) is 1.29. The summed E-state index contributed by atoms with van der Waals surface area (Å²) in [7, 11) is 0.